The highest BCUT2D eigenvalue weighted by Gasteiger charge is 2.32. The van der Waals surface area contributed by atoms with Crippen molar-refractivity contribution in [3.8, 4) is 11.5 Å². The summed E-state index contributed by atoms with van der Waals surface area (Å²) in [5, 5.41) is 0. The summed E-state index contributed by atoms with van der Waals surface area (Å²) in [6.07, 6.45) is 5.27. The molecule has 5 rings (SSSR count). The molecular weight excluding hydrogens is 320 g/mol. The molecule has 1 saturated heterocycles. The van der Waals surface area contributed by atoms with Crippen molar-refractivity contribution in [2.45, 2.75) is 25.8 Å². The molecule has 1 aromatic carbocycles. The lowest BCUT2D eigenvalue weighted by atomic mass is 10.1. The zero-order chi connectivity index (χ0) is 16.8. The first-order valence-electron chi connectivity index (χ1n) is 8.62. The second-order valence-electron chi connectivity index (χ2n) is 6.51. The number of nitrogens with zero attached hydrogens (tertiary/aromatic N) is 4. The molecule has 7 heteroatoms. The van der Waals surface area contributed by atoms with Gasteiger partial charge in [-0.2, -0.15) is 0 Å². The van der Waals surface area contributed by atoms with Crippen LogP contribution in [0.1, 0.15) is 35.3 Å². The normalized spacial score (nSPS) is 18.6. The number of amides is 1. The molecule has 1 amide bonds. The van der Waals surface area contributed by atoms with Gasteiger partial charge in [0.15, 0.2) is 11.5 Å². The van der Waals surface area contributed by atoms with E-state index in [9.17, 15) is 4.79 Å². The lowest BCUT2D eigenvalue weighted by Crippen LogP contribution is -2.31. The fourth-order valence-corrected chi connectivity index (χ4v) is 3.58. The maximum Gasteiger partial charge on any atom is 0.262 e. The second kappa shape index (κ2) is 5.61. The van der Waals surface area contributed by atoms with Gasteiger partial charge in [-0.1, -0.05) is 0 Å². The lowest BCUT2D eigenvalue weighted by Gasteiger charge is -2.26. The predicted molar refractivity (Wildman–Crippen MR) is 91.2 cm³/mol. The third-order valence-electron chi connectivity index (χ3n) is 4.95. The van der Waals surface area contributed by atoms with Crippen LogP contribution in [0.25, 0.3) is 0 Å². The van der Waals surface area contributed by atoms with Crippen LogP contribution in [0.15, 0.2) is 24.4 Å². The molecular formula is C18H18N4O3. The Hall–Kier alpha value is -2.83. The summed E-state index contributed by atoms with van der Waals surface area (Å²) in [5.74, 6) is 2.04. The average molecular weight is 338 g/mol. The number of rotatable bonds is 2. The van der Waals surface area contributed by atoms with Crippen LogP contribution in [0.4, 0.5) is 11.6 Å². The third kappa shape index (κ3) is 2.38. The minimum Gasteiger partial charge on any atom is -0.454 e. The predicted octanol–water partition coefficient (Wildman–Crippen LogP) is 2.36. The molecule has 25 heavy (non-hydrogen) atoms. The molecule has 0 N–H and O–H groups in total. The van der Waals surface area contributed by atoms with Gasteiger partial charge in [0.25, 0.3) is 5.91 Å². The summed E-state index contributed by atoms with van der Waals surface area (Å²) < 4.78 is 10.7. The van der Waals surface area contributed by atoms with Crippen molar-refractivity contribution in [1.29, 1.82) is 0 Å². The summed E-state index contributed by atoms with van der Waals surface area (Å²) in [4.78, 5) is 25.8. The highest BCUT2D eigenvalue weighted by atomic mass is 16.7. The number of carbonyl (C=O) groups excluding carboxylic acids is 1. The molecule has 1 aromatic heterocycles. The Morgan fingerprint density at radius 2 is 1.88 bits per heavy atom. The van der Waals surface area contributed by atoms with E-state index in [0.717, 1.165) is 30.4 Å². The SMILES string of the molecule is O=C1c2cnc(N3CCCCC3)nc2CN1c1ccc2c(c1)OCO2. The molecule has 0 spiro atoms. The summed E-state index contributed by atoms with van der Waals surface area (Å²) in [6, 6.07) is 5.54. The van der Waals surface area contributed by atoms with Crippen LogP contribution in [0.5, 0.6) is 11.5 Å². The Morgan fingerprint density at radius 1 is 1.04 bits per heavy atom. The minimum atomic E-state index is -0.0703. The Labute approximate surface area is 145 Å². The topological polar surface area (TPSA) is 67.8 Å². The number of fused-ring (bicyclic) bond motifs is 2. The number of hydrogen-bond acceptors (Lipinski definition) is 6. The van der Waals surface area contributed by atoms with E-state index in [1.165, 1.54) is 19.3 Å². The molecule has 128 valence electrons. The molecule has 7 nitrogen and oxygen atoms in total. The van der Waals surface area contributed by atoms with Crippen molar-refractivity contribution < 1.29 is 14.3 Å². The average Bonchev–Trinajstić information content (AvgIpc) is 3.26. The first-order chi connectivity index (χ1) is 12.3. The largest absolute Gasteiger partial charge is 0.454 e. The summed E-state index contributed by atoms with van der Waals surface area (Å²) in [6.45, 7) is 2.64. The molecule has 3 aliphatic heterocycles. The molecule has 0 bridgehead atoms. The zero-order valence-electron chi connectivity index (χ0n) is 13.8. The summed E-state index contributed by atoms with van der Waals surface area (Å²) in [7, 11) is 0. The first kappa shape index (κ1) is 14.5. The quantitative estimate of drug-likeness (QED) is 0.837. The van der Waals surface area contributed by atoms with E-state index in [-0.39, 0.29) is 12.7 Å². The van der Waals surface area contributed by atoms with Gasteiger partial charge in [-0.3, -0.25) is 4.79 Å². The first-order valence-corrected chi connectivity index (χ1v) is 8.62. The van der Waals surface area contributed by atoms with Crippen LogP contribution in [0, 0.1) is 0 Å². The Morgan fingerprint density at radius 3 is 2.76 bits per heavy atom. The Kier molecular flexibility index (Phi) is 3.26. The van der Waals surface area contributed by atoms with E-state index in [2.05, 4.69) is 14.9 Å². The summed E-state index contributed by atoms with van der Waals surface area (Å²) >= 11 is 0. The van der Waals surface area contributed by atoms with Gasteiger partial charge in [-0.05, 0) is 31.4 Å². The summed E-state index contributed by atoms with van der Waals surface area (Å²) in [5.41, 5.74) is 2.16. The van der Waals surface area contributed by atoms with Gasteiger partial charge in [0.1, 0.15) is 0 Å². The third-order valence-corrected chi connectivity index (χ3v) is 4.95. The van der Waals surface area contributed by atoms with Crippen molar-refractivity contribution >= 4 is 17.5 Å². The van der Waals surface area contributed by atoms with E-state index in [1.807, 2.05) is 18.2 Å². The van der Waals surface area contributed by atoms with Crippen LogP contribution < -0.4 is 19.3 Å². The van der Waals surface area contributed by atoms with Crippen LogP contribution in [0.2, 0.25) is 0 Å². The van der Waals surface area contributed by atoms with Gasteiger partial charge in [-0.25, -0.2) is 9.97 Å². The van der Waals surface area contributed by atoms with Crippen molar-refractivity contribution in [2.24, 2.45) is 0 Å². The van der Waals surface area contributed by atoms with Crippen LogP contribution >= 0.6 is 0 Å². The minimum absolute atomic E-state index is 0.0703. The van der Waals surface area contributed by atoms with E-state index in [4.69, 9.17) is 9.47 Å². The molecule has 0 aliphatic carbocycles. The molecule has 1 fully saturated rings. The maximum atomic E-state index is 12.7. The van der Waals surface area contributed by atoms with Crippen LogP contribution in [-0.2, 0) is 6.54 Å². The number of anilines is 2. The van der Waals surface area contributed by atoms with Gasteiger partial charge in [0.2, 0.25) is 12.7 Å². The number of aromatic nitrogens is 2. The molecule has 0 unspecified atom stereocenters. The van der Waals surface area contributed by atoms with Crippen molar-refractivity contribution in [3.63, 3.8) is 0 Å². The number of piperidine rings is 1. The van der Waals surface area contributed by atoms with Gasteiger partial charge >= 0.3 is 0 Å². The molecule has 0 atom stereocenters. The highest BCUT2D eigenvalue weighted by molar-refractivity contribution is 6.09. The molecule has 3 aliphatic rings. The van der Waals surface area contributed by atoms with E-state index in [1.54, 1.807) is 11.1 Å². The fourth-order valence-electron chi connectivity index (χ4n) is 3.58. The fraction of sp³-hybridized carbons (Fsp3) is 0.389. The molecule has 0 saturated carbocycles. The van der Waals surface area contributed by atoms with Crippen LogP contribution in [-0.4, -0.2) is 35.8 Å². The molecule has 0 radical (unpaired) electrons. The monoisotopic (exact) mass is 338 g/mol. The van der Waals surface area contributed by atoms with Gasteiger partial charge in [0.05, 0.1) is 17.8 Å². The van der Waals surface area contributed by atoms with E-state index >= 15 is 0 Å². The van der Waals surface area contributed by atoms with Crippen molar-refractivity contribution in [1.82, 2.24) is 9.97 Å². The number of ether oxygens (including phenoxy) is 2. The van der Waals surface area contributed by atoms with Crippen molar-refractivity contribution in [3.05, 3.63) is 35.7 Å². The Bertz CT molecular complexity index is 848. The van der Waals surface area contributed by atoms with Gasteiger partial charge in [0, 0.05) is 31.0 Å². The number of benzene rings is 1. The highest BCUT2D eigenvalue weighted by Crippen LogP contribution is 2.37. The Balaban J connectivity index is 1.44. The maximum absolute atomic E-state index is 12.7. The van der Waals surface area contributed by atoms with E-state index in [0.29, 0.717) is 23.6 Å². The van der Waals surface area contributed by atoms with Crippen molar-refractivity contribution in [2.75, 3.05) is 29.7 Å². The molecule has 4 heterocycles. The number of carbonyl (C=O) groups is 1. The lowest BCUT2D eigenvalue weighted by molar-refractivity contribution is 0.0996. The number of hydrogen-bond donors (Lipinski definition) is 0. The zero-order valence-corrected chi connectivity index (χ0v) is 13.8. The van der Waals surface area contributed by atoms with Gasteiger partial charge < -0.3 is 19.3 Å². The van der Waals surface area contributed by atoms with E-state index < -0.39 is 0 Å². The van der Waals surface area contributed by atoms with Crippen LogP contribution in [0.3, 0.4) is 0 Å². The van der Waals surface area contributed by atoms with Gasteiger partial charge in [-0.15, -0.1) is 0 Å². The smallest absolute Gasteiger partial charge is 0.262 e. The standard InChI is InChI=1S/C18H18N4O3/c23-17-13-9-19-18(21-6-2-1-3-7-21)20-14(13)10-22(17)12-4-5-15-16(8-12)25-11-24-15/h4-5,8-9H,1-3,6-7,10-11H2. The molecule has 2 aromatic rings. The second-order valence-corrected chi connectivity index (χ2v) is 6.51.